The predicted octanol–water partition coefficient (Wildman–Crippen LogP) is 4.91. The van der Waals surface area contributed by atoms with Crippen molar-refractivity contribution in [2.24, 2.45) is 9.98 Å². The van der Waals surface area contributed by atoms with E-state index < -0.39 is 0 Å². The third-order valence-electron chi connectivity index (χ3n) is 6.08. The van der Waals surface area contributed by atoms with Crippen LogP contribution in [0.3, 0.4) is 0 Å². The lowest BCUT2D eigenvalue weighted by Crippen LogP contribution is -2.41. The molecule has 0 aliphatic carbocycles. The Hall–Kier alpha value is -2.78. The quantitative estimate of drug-likeness (QED) is 0.444. The van der Waals surface area contributed by atoms with Crippen molar-refractivity contribution in [2.45, 2.75) is 24.6 Å². The molecule has 0 amide bonds. The molecular formula is C28H32N6S2. The molecule has 0 saturated heterocycles. The molecule has 0 fully saturated rings. The lowest BCUT2D eigenvalue weighted by molar-refractivity contribution is 0.258. The summed E-state index contributed by atoms with van der Waals surface area (Å²) in [7, 11) is 0. The molecule has 2 aliphatic heterocycles. The second-order valence-electron chi connectivity index (χ2n) is 8.85. The molecule has 3 aromatic rings. The molecule has 36 heavy (non-hydrogen) atoms. The molecule has 3 aromatic carbocycles. The van der Waals surface area contributed by atoms with E-state index in [1.807, 2.05) is 0 Å². The maximum absolute atomic E-state index is 4.76. The van der Waals surface area contributed by atoms with Crippen LogP contribution in [0, 0.1) is 0 Å². The maximum Gasteiger partial charge on any atom is 0.159 e. The van der Waals surface area contributed by atoms with E-state index in [-0.39, 0.29) is 0 Å². The molecule has 0 unspecified atom stereocenters. The highest BCUT2D eigenvalue weighted by atomic mass is 32.2. The molecule has 0 saturated carbocycles. The number of hydrogen-bond donors (Lipinski definition) is 2. The molecular weight excluding hydrogens is 484 g/mol. The molecule has 2 heterocycles. The van der Waals surface area contributed by atoms with E-state index >= 15 is 0 Å². The average molecular weight is 517 g/mol. The number of nitrogens with one attached hydrogen (secondary N) is 2. The first-order valence-corrected chi connectivity index (χ1v) is 14.2. The zero-order valence-electron chi connectivity index (χ0n) is 20.3. The topological polar surface area (TPSA) is 55.3 Å². The Morgan fingerprint density at radius 3 is 1.39 bits per heavy atom. The van der Waals surface area contributed by atoms with Gasteiger partial charge in [-0.05, 0) is 22.3 Å². The highest BCUT2D eigenvalue weighted by Crippen LogP contribution is 2.23. The molecule has 5 rings (SSSR count). The van der Waals surface area contributed by atoms with Crippen molar-refractivity contribution in [3.63, 3.8) is 0 Å². The third-order valence-corrected chi connectivity index (χ3v) is 8.09. The summed E-state index contributed by atoms with van der Waals surface area (Å²) in [6, 6.07) is 29.8. The minimum atomic E-state index is 0.731. The first-order chi connectivity index (χ1) is 17.8. The zero-order chi connectivity index (χ0) is 24.4. The van der Waals surface area contributed by atoms with Crippen LogP contribution in [0.25, 0.3) is 0 Å². The van der Waals surface area contributed by atoms with Gasteiger partial charge in [-0.3, -0.25) is 9.80 Å². The number of thioether (sulfide) groups is 2. The molecule has 186 valence electrons. The molecule has 8 heteroatoms. The first kappa shape index (κ1) is 24.9. The van der Waals surface area contributed by atoms with Gasteiger partial charge >= 0.3 is 0 Å². The Morgan fingerprint density at radius 2 is 1.00 bits per heavy atom. The van der Waals surface area contributed by atoms with Crippen molar-refractivity contribution in [1.29, 1.82) is 0 Å². The smallest absolute Gasteiger partial charge is 0.159 e. The summed E-state index contributed by atoms with van der Waals surface area (Å²) in [6.45, 7) is 4.94. The van der Waals surface area contributed by atoms with Gasteiger partial charge in [0, 0.05) is 24.6 Å². The van der Waals surface area contributed by atoms with Crippen molar-refractivity contribution >= 4 is 33.9 Å². The standard InChI is InChI=1S/C28H32N6S2/c1-3-9-23(10-4-1)15-33-19-29-27(30-20-33)35-17-25-13-7-8-14-26(25)18-36-28-31-21-34(22-32-28)16-24-11-5-2-6-12-24/h1-14H,15-22H2,(H,29,30)(H,31,32). The highest BCUT2D eigenvalue weighted by molar-refractivity contribution is 8.13. The SMILES string of the molecule is c1ccc(CN2CN=C(SCc3ccccc3CSC3=NCN(Cc4ccccc4)CN3)NC2)cc1. The van der Waals surface area contributed by atoms with Gasteiger partial charge in [-0.1, -0.05) is 108 Å². The predicted molar refractivity (Wildman–Crippen MR) is 154 cm³/mol. The largest absolute Gasteiger partial charge is 0.352 e. The number of benzene rings is 3. The van der Waals surface area contributed by atoms with E-state index in [9.17, 15) is 0 Å². The summed E-state index contributed by atoms with van der Waals surface area (Å²) < 4.78 is 0. The number of nitrogens with zero attached hydrogens (tertiary/aromatic N) is 4. The van der Waals surface area contributed by atoms with Gasteiger partial charge in [0.15, 0.2) is 10.3 Å². The van der Waals surface area contributed by atoms with Crippen LogP contribution in [0.15, 0.2) is 94.9 Å². The monoisotopic (exact) mass is 516 g/mol. The fourth-order valence-corrected chi connectivity index (χ4v) is 5.90. The van der Waals surface area contributed by atoms with E-state index in [1.54, 1.807) is 23.5 Å². The molecule has 0 bridgehead atoms. The fourth-order valence-electron chi connectivity index (χ4n) is 4.12. The van der Waals surface area contributed by atoms with Gasteiger partial charge in [0.25, 0.3) is 0 Å². The Balaban J connectivity index is 1.08. The van der Waals surface area contributed by atoms with E-state index in [2.05, 4.69) is 105 Å². The van der Waals surface area contributed by atoms with E-state index in [4.69, 9.17) is 9.98 Å². The summed E-state index contributed by atoms with van der Waals surface area (Å²) in [5.74, 6) is 1.82. The zero-order valence-corrected chi connectivity index (χ0v) is 22.0. The summed E-state index contributed by atoms with van der Waals surface area (Å²) in [4.78, 5) is 14.1. The summed E-state index contributed by atoms with van der Waals surface area (Å²) in [5, 5.41) is 9.02. The summed E-state index contributed by atoms with van der Waals surface area (Å²) in [6.07, 6.45) is 0. The normalized spacial score (nSPS) is 16.6. The van der Waals surface area contributed by atoms with Crippen LogP contribution < -0.4 is 10.6 Å². The Bertz CT molecular complexity index is 1080. The van der Waals surface area contributed by atoms with Gasteiger partial charge in [-0.25, -0.2) is 9.98 Å². The van der Waals surface area contributed by atoms with Crippen LogP contribution in [0.4, 0.5) is 0 Å². The fraction of sp³-hybridized carbons (Fsp3) is 0.286. The molecule has 0 atom stereocenters. The summed E-state index contributed by atoms with van der Waals surface area (Å²) >= 11 is 3.57. The Morgan fingerprint density at radius 1 is 0.583 bits per heavy atom. The van der Waals surface area contributed by atoms with Crippen molar-refractivity contribution in [1.82, 2.24) is 20.4 Å². The van der Waals surface area contributed by atoms with Crippen LogP contribution in [-0.4, -0.2) is 46.8 Å². The van der Waals surface area contributed by atoms with E-state index in [0.29, 0.717) is 0 Å². The van der Waals surface area contributed by atoms with Crippen LogP contribution >= 0.6 is 23.5 Å². The maximum atomic E-state index is 4.76. The Kier molecular flexibility index (Phi) is 8.96. The van der Waals surface area contributed by atoms with Crippen LogP contribution in [0.2, 0.25) is 0 Å². The van der Waals surface area contributed by atoms with Gasteiger partial charge in [0.2, 0.25) is 0 Å². The van der Waals surface area contributed by atoms with E-state index in [1.165, 1.54) is 22.3 Å². The van der Waals surface area contributed by atoms with Gasteiger partial charge in [0.1, 0.15) is 0 Å². The van der Waals surface area contributed by atoms with Crippen LogP contribution in [-0.2, 0) is 24.6 Å². The molecule has 2 aliphatic rings. The third kappa shape index (κ3) is 7.36. The molecule has 0 aromatic heterocycles. The lowest BCUT2D eigenvalue weighted by atomic mass is 10.1. The summed E-state index contributed by atoms with van der Waals surface area (Å²) in [5.41, 5.74) is 5.35. The average Bonchev–Trinajstić information content (AvgIpc) is 2.94. The van der Waals surface area contributed by atoms with Crippen molar-refractivity contribution in [3.8, 4) is 0 Å². The lowest BCUT2D eigenvalue weighted by Gasteiger charge is -2.27. The molecule has 2 N–H and O–H groups in total. The van der Waals surface area contributed by atoms with Crippen molar-refractivity contribution in [2.75, 3.05) is 26.7 Å². The number of rotatable bonds is 8. The van der Waals surface area contributed by atoms with Crippen molar-refractivity contribution < 1.29 is 0 Å². The number of hydrogen-bond acceptors (Lipinski definition) is 8. The minimum Gasteiger partial charge on any atom is -0.352 e. The van der Waals surface area contributed by atoms with E-state index in [0.717, 1.165) is 61.6 Å². The number of aliphatic imine (C=N–C) groups is 2. The molecule has 6 nitrogen and oxygen atoms in total. The molecule has 0 radical (unpaired) electrons. The minimum absolute atomic E-state index is 0.731. The van der Waals surface area contributed by atoms with Gasteiger partial charge in [-0.2, -0.15) is 0 Å². The van der Waals surface area contributed by atoms with Crippen LogP contribution in [0.1, 0.15) is 22.3 Å². The van der Waals surface area contributed by atoms with Gasteiger partial charge < -0.3 is 10.6 Å². The first-order valence-electron chi connectivity index (χ1n) is 12.2. The van der Waals surface area contributed by atoms with Crippen LogP contribution in [0.5, 0.6) is 0 Å². The second kappa shape index (κ2) is 13.0. The Labute approximate surface area is 222 Å². The van der Waals surface area contributed by atoms with Gasteiger partial charge in [-0.15, -0.1) is 0 Å². The van der Waals surface area contributed by atoms with Gasteiger partial charge in [0.05, 0.1) is 26.7 Å². The molecule has 0 spiro atoms. The highest BCUT2D eigenvalue weighted by Gasteiger charge is 2.15. The van der Waals surface area contributed by atoms with Crippen molar-refractivity contribution in [3.05, 3.63) is 107 Å². The number of amidine groups is 2. The second-order valence-corrected chi connectivity index (χ2v) is 10.8.